The van der Waals surface area contributed by atoms with Crippen LogP contribution in [0.5, 0.6) is 5.75 Å². The van der Waals surface area contributed by atoms with Crippen LogP contribution < -0.4 is 20.7 Å². The van der Waals surface area contributed by atoms with Crippen molar-refractivity contribution in [3.8, 4) is 5.75 Å². The molecule has 3 N–H and O–H groups in total. The number of nitrogens with one attached hydrogen (secondary N) is 3. The van der Waals surface area contributed by atoms with Gasteiger partial charge in [0.2, 0.25) is 5.91 Å². The van der Waals surface area contributed by atoms with Crippen LogP contribution in [0.3, 0.4) is 0 Å². The molecule has 6 heteroatoms. The summed E-state index contributed by atoms with van der Waals surface area (Å²) in [6.45, 7) is 2.47. The highest BCUT2D eigenvalue weighted by molar-refractivity contribution is 5.81. The van der Waals surface area contributed by atoms with Gasteiger partial charge in [-0.3, -0.25) is 9.79 Å². The third kappa shape index (κ3) is 7.49. The Bertz CT molecular complexity index is 804. The lowest BCUT2D eigenvalue weighted by Crippen LogP contribution is -2.39. The Labute approximate surface area is 172 Å². The zero-order chi connectivity index (χ0) is 20.3. The zero-order valence-corrected chi connectivity index (χ0v) is 17.0. The summed E-state index contributed by atoms with van der Waals surface area (Å²) in [6, 6.07) is 18.0. The molecule has 154 valence electrons. The maximum absolute atomic E-state index is 12.0. The molecule has 0 heterocycles. The van der Waals surface area contributed by atoms with E-state index in [-0.39, 0.29) is 5.91 Å². The standard InChI is InChI=1S/C23H30N4O2/c1-24-23(25-14-13-22(28)26-15-18-7-3-2-4-8-18)27-16-20-9-5-6-10-21(20)29-17-19-11-12-19/h2-10,19H,11-17H2,1H3,(H,26,28)(H2,24,25,27). The van der Waals surface area contributed by atoms with Gasteiger partial charge in [0, 0.05) is 38.7 Å². The van der Waals surface area contributed by atoms with E-state index < -0.39 is 0 Å². The summed E-state index contributed by atoms with van der Waals surface area (Å²) < 4.78 is 5.95. The van der Waals surface area contributed by atoms with E-state index in [1.807, 2.05) is 48.5 Å². The second-order valence-electron chi connectivity index (χ2n) is 7.23. The molecule has 0 atom stereocenters. The molecule has 29 heavy (non-hydrogen) atoms. The fourth-order valence-electron chi connectivity index (χ4n) is 2.86. The minimum absolute atomic E-state index is 0.00984. The number of hydrogen-bond donors (Lipinski definition) is 3. The number of hydrogen-bond acceptors (Lipinski definition) is 3. The van der Waals surface area contributed by atoms with Gasteiger partial charge in [-0.25, -0.2) is 0 Å². The molecular weight excluding hydrogens is 364 g/mol. The highest BCUT2D eigenvalue weighted by Gasteiger charge is 2.22. The molecule has 6 nitrogen and oxygen atoms in total. The number of nitrogens with zero attached hydrogens (tertiary/aromatic N) is 1. The predicted octanol–water partition coefficient (Wildman–Crippen LogP) is 2.85. The molecule has 1 saturated carbocycles. The molecule has 1 aliphatic carbocycles. The summed E-state index contributed by atoms with van der Waals surface area (Å²) in [5.74, 6) is 2.31. The van der Waals surface area contributed by atoms with Crippen molar-refractivity contribution in [1.82, 2.24) is 16.0 Å². The number of carbonyl (C=O) groups is 1. The average Bonchev–Trinajstić information content (AvgIpc) is 3.59. The molecule has 0 spiro atoms. The Kier molecular flexibility index (Phi) is 7.92. The van der Waals surface area contributed by atoms with Crippen LogP contribution in [0, 0.1) is 5.92 Å². The first-order valence-electron chi connectivity index (χ1n) is 10.2. The number of para-hydroxylation sites is 1. The molecule has 0 saturated heterocycles. The number of ether oxygens (including phenoxy) is 1. The van der Waals surface area contributed by atoms with E-state index in [0.717, 1.165) is 29.4 Å². The fourth-order valence-corrected chi connectivity index (χ4v) is 2.86. The van der Waals surface area contributed by atoms with Crippen molar-refractivity contribution in [3.05, 3.63) is 65.7 Å². The summed E-state index contributed by atoms with van der Waals surface area (Å²) in [5.41, 5.74) is 2.19. The first kappa shape index (κ1) is 20.7. The number of aliphatic imine (C=N–C) groups is 1. The normalized spacial score (nSPS) is 13.6. The van der Waals surface area contributed by atoms with Gasteiger partial charge in [0.1, 0.15) is 5.75 Å². The monoisotopic (exact) mass is 394 g/mol. The van der Waals surface area contributed by atoms with Gasteiger partial charge in [0.15, 0.2) is 5.96 Å². The molecule has 0 bridgehead atoms. The largest absolute Gasteiger partial charge is 0.493 e. The van der Waals surface area contributed by atoms with Crippen LogP contribution in [0.4, 0.5) is 0 Å². The second-order valence-corrected chi connectivity index (χ2v) is 7.23. The van der Waals surface area contributed by atoms with Gasteiger partial charge in [-0.2, -0.15) is 0 Å². The minimum Gasteiger partial charge on any atom is -0.493 e. The second kappa shape index (κ2) is 11.1. The predicted molar refractivity (Wildman–Crippen MR) is 116 cm³/mol. The number of rotatable bonds is 10. The lowest BCUT2D eigenvalue weighted by Gasteiger charge is -2.15. The maximum atomic E-state index is 12.0. The number of guanidine groups is 1. The van der Waals surface area contributed by atoms with Gasteiger partial charge < -0.3 is 20.7 Å². The van der Waals surface area contributed by atoms with Crippen LogP contribution in [0.1, 0.15) is 30.4 Å². The summed E-state index contributed by atoms with van der Waals surface area (Å²) in [7, 11) is 1.72. The topological polar surface area (TPSA) is 74.8 Å². The van der Waals surface area contributed by atoms with Gasteiger partial charge >= 0.3 is 0 Å². The van der Waals surface area contributed by atoms with Gasteiger partial charge in [-0.1, -0.05) is 48.5 Å². The molecule has 0 unspecified atom stereocenters. The van der Waals surface area contributed by atoms with Crippen molar-refractivity contribution in [2.45, 2.75) is 32.4 Å². The van der Waals surface area contributed by atoms with Crippen LogP contribution in [0.25, 0.3) is 0 Å². The molecule has 2 aromatic carbocycles. The van der Waals surface area contributed by atoms with E-state index in [1.165, 1.54) is 12.8 Å². The molecular formula is C23H30N4O2. The Balaban J connectivity index is 1.36. The summed E-state index contributed by atoms with van der Waals surface area (Å²) in [6.07, 6.45) is 2.93. The Morgan fingerprint density at radius 2 is 1.76 bits per heavy atom. The fraction of sp³-hybridized carbons (Fsp3) is 0.391. The quantitative estimate of drug-likeness (QED) is 0.428. The van der Waals surface area contributed by atoms with Crippen molar-refractivity contribution in [2.75, 3.05) is 20.2 Å². The molecule has 0 aromatic heterocycles. The Hall–Kier alpha value is -3.02. The van der Waals surface area contributed by atoms with Gasteiger partial charge in [-0.15, -0.1) is 0 Å². The lowest BCUT2D eigenvalue weighted by atomic mass is 10.2. The molecule has 3 rings (SSSR count). The molecule has 2 aromatic rings. The molecule has 1 aliphatic rings. The highest BCUT2D eigenvalue weighted by Crippen LogP contribution is 2.30. The minimum atomic E-state index is 0.00984. The first-order valence-corrected chi connectivity index (χ1v) is 10.2. The van der Waals surface area contributed by atoms with E-state index in [9.17, 15) is 4.79 Å². The van der Waals surface area contributed by atoms with Crippen molar-refractivity contribution < 1.29 is 9.53 Å². The van der Waals surface area contributed by atoms with Crippen molar-refractivity contribution in [1.29, 1.82) is 0 Å². The van der Waals surface area contributed by atoms with Gasteiger partial charge in [0.05, 0.1) is 6.61 Å². The Morgan fingerprint density at radius 3 is 2.52 bits per heavy atom. The molecule has 0 radical (unpaired) electrons. The van der Waals surface area contributed by atoms with Crippen LogP contribution in [-0.2, 0) is 17.9 Å². The van der Waals surface area contributed by atoms with Crippen LogP contribution in [0.15, 0.2) is 59.6 Å². The lowest BCUT2D eigenvalue weighted by molar-refractivity contribution is -0.121. The molecule has 1 amide bonds. The Morgan fingerprint density at radius 1 is 1.00 bits per heavy atom. The third-order valence-corrected chi connectivity index (χ3v) is 4.79. The molecule has 0 aliphatic heterocycles. The smallest absolute Gasteiger partial charge is 0.222 e. The number of amides is 1. The average molecular weight is 395 g/mol. The van der Waals surface area contributed by atoms with Crippen molar-refractivity contribution in [3.63, 3.8) is 0 Å². The maximum Gasteiger partial charge on any atom is 0.222 e. The van der Waals surface area contributed by atoms with Crippen LogP contribution in [-0.4, -0.2) is 32.1 Å². The van der Waals surface area contributed by atoms with E-state index in [1.54, 1.807) is 7.05 Å². The van der Waals surface area contributed by atoms with Crippen molar-refractivity contribution >= 4 is 11.9 Å². The summed E-state index contributed by atoms with van der Waals surface area (Å²) in [5, 5.41) is 9.40. The number of carbonyl (C=O) groups excluding carboxylic acids is 1. The number of benzene rings is 2. The van der Waals surface area contributed by atoms with E-state index >= 15 is 0 Å². The van der Waals surface area contributed by atoms with Gasteiger partial charge in [-0.05, 0) is 30.4 Å². The summed E-state index contributed by atoms with van der Waals surface area (Å²) in [4.78, 5) is 16.2. The van der Waals surface area contributed by atoms with E-state index in [4.69, 9.17) is 4.74 Å². The van der Waals surface area contributed by atoms with Crippen molar-refractivity contribution in [2.24, 2.45) is 10.9 Å². The van der Waals surface area contributed by atoms with Gasteiger partial charge in [0.25, 0.3) is 0 Å². The SMILES string of the molecule is CN=C(NCCC(=O)NCc1ccccc1)NCc1ccccc1OCC1CC1. The van der Waals surface area contributed by atoms with E-state index in [2.05, 4.69) is 27.0 Å². The summed E-state index contributed by atoms with van der Waals surface area (Å²) >= 11 is 0. The van der Waals surface area contributed by atoms with E-state index in [0.29, 0.717) is 32.0 Å². The van der Waals surface area contributed by atoms with Crippen LogP contribution >= 0.6 is 0 Å². The zero-order valence-electron chi connectivity index (χ0n) is 17.0. The third-order valence-electron chi connectivity index (χ3n) is 4.79. The highest BCUT2D eigenvalue weighted by atomic mass is 16.5. The van der Waals surface area contributed by atoms with Crippen LogP contribution in [0.2, 0.25) is 0 Å². The first-order chi connectivity index (χ1) is 14.2. The molecule has 1 fully saturated rings.